The lowest BCUT2D eigenvalue weighted by Gasteiger charge is -2.11. The van der Waals surface area contributed by atoms with Crippen molar-refractivity contribution in [2.24, 2.45) is 0 Å². The minimum Gasteiger partial charge on any atom is -0.438 e. The van der Waals surface area contributed by atoms with Crippen LogP contribution in [0, 0.1) is 0 Å². The van der Waals surface area contributed by atoms with Crippen LogP contribution in [-0.2, 0) is 0 Å². The van der Waals surface area contributed by atoms with Gasteiger partial charge in [-0.2, -0.15) is 0 Å². The lowest BCUT2D eigenvalue weighted by atomic mass is 9.95. The highest BCUT2D eigenvalue weighted by molar-refractivity contribution is 6.20. The van der Waals surface area contributed by atoms with Gasteiger partial charge in [-0.15, -0.1) is 0 Å². The first-order valence-electron chi connectivity index (χ1n) is 15.6. The number of benzene rings is 7. The van der Waals surface area contributed by atoms with Crippen LogP contribution in [0.1, 0.15) is 0 Å². The lowest BCUT2D eigenvalue weighted by molar-refractivity contribution is 0.654. The first-order chi connectivity index (χ1) is 23.3. The molecule has 7 aromatic carbocycles. The van der Waals surface area contributed by atoms with Crippen molar-refractivity contribution < 1.29 is 4.42 Å². The first kappa shape index (κ1) is 25.8. The molecule has 0 aliphatic carbocycles. The van der Waals surface area contributed by atoms with Crippen molar-refractivity contribution >= 4 is 65.2 Å². The SMILES string of the molecule is c1ccc2cc(-c3nc(-c4ccc5c(ccc6ccc7ccccc7c65)c4)nc(-c4ccnc5oc6ccccc6c45)n3)ccc2c1. The van der Waals surface area contributed by atoms with Crippen LogP contribution < -0.4 is 0 Å². The molecule has 5 nitrogen and oxygen atoms in total. The smallest absolute Gasteiger partial charge is 0.228 e. The minimum atomic E-state index is 0.558. The van der Waals surface area contributed by atoms with E-state index in [0.29, 0.717) is 23.2 Å². The molecule has 0 aliphatic heterocycles. The average Bonchev–Trinajstić information content (AvgIpc) is 3.53. The molecular weight excluding hydrogens is 576 g/mol. The number of furan rings is 1. The number of para-hydroxylation sites is 1. The van der Waals surface area contributed by atoms with Crippen molar-refractivity contribution in [3.63, 3.8) is 0 Å². The predicted molar refractivity (Wildman–Crippen MR) is 191 cm³/mol. The summed E-state index contributed by atoms with van der Waals surface area (Å²) in [6, 6.07) is 48.5. The molecule has 0 saturated heterocycles. The second kappa shape index (κ2) is 10.0. The molecule has 0 aliphatic rings. The Hall–Kier alpha value is -6.46. The molecule has 3 heterocycles. The number of aromatic nitrogens is 4. The molecule has 10 aromatic rings. The normalized spacial score (nSPS) is 11.8. The van der Waals surface area contributed by atoms with Gasteiger partial charge in [-0.25, -0.2) is 19.9 Å². The summed E-state index contributed by atoms with van der Waals surface area (Å²) in [4.78, 5) is 19.9. The maximum Gasteiger partial charge on any atom is 0.228 e. The van der Waals surface area contributed by atoms with Crippen LogP contribution in [0.25, 0.3) is 99.3 Å². The Morgan fingerprint density at radius 3 is 1.85 bits per heavy atom. The predicted octanol–water partition coefficient (Wildman–Crippen LogP) is 10.8. The zero-order chi connectivity index (χ0) is 30.9. The van der Waals surface area contributed by atoms with Crippen LogP contribution in [0.2, 0.25) is 0 Å². The number of rotatable bonds is 3. The number of pyridine rings is 1. The summed E-state index contributed by atoms with van der Waals surface area (Å²) in [7, 11) is 0. The van der Waals surface area contributed by atoms with E-state index in [-0.39, 0.29) is 0 Å². The molecule has 3 aromatic heterocycles. The second-order valence-electron chi connectivity index (χ2n) is 11.9. The molecule has 0 spiro atoms. The number of nitrogens with zero attached hydrogens (tertiary/aromatic N) is 4. The summed E-state index contributed by atoms with van der Waals surface area (Å²) in [5, 5.41) is 11.5. The van der Waals surface area contributed by atoms with Gasteiger partial charge >= 0.3 is 0 Å². The molecule has 5 heteroatoms. The quantitative estimate of drug-likeness (QED) is 0.189. The zero-order valence-electron chi connectivity index (χ0n) is 25.1. The molecule has 0 radical (unpaired) electrons. The van der Waals surface area contributed by atoms with Gasteiger partial charge in [0.15, 0.2) is 17.5 Å². The third kappa shape index (κ3) is 4.10. The summed E-state index contributed by atoms with van der Waals surface area (Å²) in [6.45, 7) is 0. The van der Waals surface area contributed by atoms with Gasteiger partial charge in [0.1, 0.15) is 5.58 Å². The van der Waals surface area contributed by atoms with Crippen LogP contribution in [0.4, 0.5) is 0 Å². The topological polar surface area (TPSA) is 64.7 Å². The zero-order valence-corrected chi connectivity index (χ0v) is 25.1. The Kier molecular flexibility index (Phi) is 5.51. The van der Waals surface area contributed by atoms with E-state index in [1.165, 1.54) is 32.3 Å². The monoisotopic (exact) mass is 600 g/mol. The Balaban J connectivity index is 1.22. The maximum absolute atomic E-state index is 6.12. The summed E-state index contributed by atoms with van der Waals surface area (Å²) in [5.74, 6) is 1.79. The Morgan fingerprint density at radius 2 is 1.00 bits per heavy atom. The van der Waals surface area contributed by atoms with Gasteiger partial charge in [0.05, 0.1) is 5.39 Å². The number of hydrogen-bond acceptors (Lipinski definition) is 5. The molecular formula is C42H24N4O. The fourth-order valence-electron chi connectivity index (χ4n) is 6.89. The van der Waals surface area contributed by atoms with Crippen LogP contribution in [0.5, 0.6) is 0 Å². The van der Waals surface area contributed by atoms with Crippen molar-refractivity contribution in [3.8, 4) is 34.2 Å². The summed E-state index contributed by atoms with van der Waals surface area (Å²) >= 11 is 0. The van der Waals surface area contributed by atoms with Crippen molar-refractivity contribution in [3.05, 3.63) is 146 Å². The minimum absolute atomic E-state index is 0.558. The maximum atomic E-state index is 6.12. The van der Waals surface area contributed by atoms with Gasteiger partial charge in [-0.3, -0.25) is 0 Å². The summed E-state index contributed by atoms with van der Waals surface area (Å²) in [5.41, 5.74) is 4.03. The molecule has 0 fully saturated rings. The summed E-state index contributed by atoms with van der Waals surface area (Å²) < 4.78 is 6.12. The van der Waals surface area contributed by atoms with Crippen LogP contribution in [0.15, 0.2) is 150 Å². The standard InChI is InChI=1S/C42H24N4O/c1-2-9-28-23-30(18-13-25(28)7-1)39-44-40(46-41(45-39)35-21-22-43-42-38(35)34-11-5-6-12-36(34)47-42)31-19-20-33-29(24-31)17-16-27-15-14-26-8-3-4-10-32(26)37(27)33/h1-24H. The van der Waals surface area contributed by atoms with Crippen LogP contribution in [0.3, 0.4) is 0 Å². The van der Waals surface area contributed by atoms with E-state index in [1.807, 2.05) is 24.3 Å². The molecule has 0 unspecified atom stereocenters. The number of fused-ring (bicyclic) bond motifs is 9. The molecule has 0 atom stereocenters. The van der Waals surface area contributed by atoms with Gasteiger partial charge in [0.25, 0.3) is 0 Å². The third-order valence-corrected chi connectivity index (χ3v) is 9.15. The Bertz CT molecular complexity index is 2870. The Morgan fingerprint density at radius 1 is 0.404 bits per heavy atom. The van der Waals surface area contributed by atoms with Crippen molar-refractivity contribution in [2.75, 3.05) is 0 Å². The lowest BCUT2D eigenvalue weighted by Crippen LogP contribution is -2.00. The van der Waals surface area contributed by atoms with Gasteiger partial charge < -0.3 is 4.42 Å². The average molecular weight is 601 g/mol. The Labute approximate surface area is 268 Å². The van der Waals surface area contributed by atoms with Crippen molar-refractivity contribution in [1.29, 1.82) is 0 Å². The highest BCUT2D eigenvalue weighted by Crippen LogP contribution is 2.37. The fraction of sp³-hybridized carbons (Fsp3) is 0. The van der Waals surface area contributed by atoms with Crippen molar-refractivity contribution in [1.82, 2.24) is 19.9 Å². The largest absolute Gasteiger partial charge is 0.438 e. The highest BCUT2D eigenvalue weighted by atomic mass is 16.3. The van der Waals surface area contributed by atoms with E-state index in [4.69, 9.17) is 19.4 Å². The second-order valence-corrected chi connectivity index (χ2v) is 11.9. The van der Waals surface area contributed by atoms with Gasteiger partial charge in [0, 0.05) is 28.3 Å². The van der Waals surface area contributed by atoms with E-state index in [0.717, 1.165) is 43.8 Å². The molecule has 218 valence electrons. The molecule has 0 amide bonds. The molecule has 0 saturated carbocycles. The van der Waals surface area contributed by atoms with Crippen molar-refractivity contribution in [2.45, 2.75) is 0 Å². The van der Waals surface area contributed by atoms with Crippen LogP contribution in [-0.4, -0.2) is 19.9 Å². The van der Waals surface area contributed by atoms with E-state index in [2.05, 4.69) is 120 Å². The number of hydrogen-bond donors (Lipinski definition) is 0. The van der Waals surface area contributed by atoms with E-state index in [1.54, 1.807) is 6.20 Å². The van der Waals surface area contributed by atoms with E-state index < -0.39 is 0 Å². The van der Waals surface area contributed by atoms with E-state index >= 15 is 0 Å². The van der Waals surface area contributed by atoms with Gasteiger partial charge in [-0.1, -0.05) is 115 Å². The fourth-order valence-corrected chi connectivity index (χ4v) is 6.89. The first-order valence-corrected chi connectivity index (χ1v) is 15.6. The molecule has 47 heavy (non-hydrogen) atoms. The highest BCUT2D eigenvalue weighted by Gasteiger charge is 2.19. The van der Waals surface area contributed by atoms with E-state index in [9.17, 15) is 0 Å². The van der Waals surface area contributed by atoms with Gasteiger partial charge in [-0.05, 0) is 67.4 Å². The van der Waals surface area contributed by atoms with Crippen LogP contribution >= 0.6 is 0 Å². The summed E-state index contributed by atoms with van der Waals surface area (Å²) in [6.07, 6.45) is 1.75. The van der Waals surface area contributed by atoms with Gasteiger partial charge in [0.2, 0.25) is 5.71 Å². The third-order valence-electron chi connectivity index (χ3n) is 9.15. The molecule has 0 N–H and O–H groups in total. The molecule has 0 bridgehead atoms. The molecule has 10 rings (SSSR count).